The Morgan fingerprint density at radius 3 is 2.46 bits per heavy atom. The fraction of sp³-hybridized carbons (Fsp3) is 0.588. The molecule has 2 saturated heterocycles. The monoisotopic (exact) mass is 393 g/mol. The maximum Gasteiger partial charge on any atom is 0.416 e. The van der Waals surface area contributed by atoms with E-state index in [-0.39, 0.29) is 55.3 Å². The van der Waals surface area contributed by atoms with Gasteiger partial charge in [0, 0.05) is 18.9 Å². The second kappa shape index (κ2) is 6.51. The van der Waals surface area contributed by atoms with Gasteiger partial charge in [0.2, 0.25) is 5.91 Å². The highest BCUT2D eigenvalue weighted by Gasteiger charge is 2.44. The highest BCUT2D eigenvalue weighted by Crippen LogP contribution is 2.39. The summed E-state index contributed by atoms with van der Waals surface area (Å²) in [5, 5.41) is 0. The number of hydrogen-bond acceptors (Lipinski definition) is 3. The number of likely N-dealkylation sites (tertiary alicyclic amines) is 1. The largest absolute Gasteiger partial charge is 0.416 e. The molecule has 1 aromatic rings. The van der Waals surface area contributed by atoms with E-state index in [1.807, 2.05) is 0 Å². The number of sulfone groups is 1. The van der Waals surface area contributed by atoms with E-state index in [0.717, 1.165) is 18.2 Å². The van der Waals surface area contributed by atoms with Crippen molar-refractivity contribution in [1.29, 1.82) is 0 Å². The molecule has 1 unspecified atom stereocenters. The Morgan fingerprint density at radius 1 is 1.19 bits per heavy atom. The van der Waals surface area contributed by atoms with E-state index in [0.29, 0.717) is 0 Å². The highest BCUT2D eigenvalue weighted by molar-refractivity contribution is 7.91. The fourth-order valence-corrected chi connectivity index (χ4v) is 5.06. The van der Waals surface area contributed by atoms with Crippen LogP contribution in [0.2, 0.25) is 0 Å². The summed E-state index contributed by atoms with van der Waals surface area (Å²) in [5.74, 6) is -0.911. The molecule has 0 saturated carbocycles. The molecule has 144 valence electrons. The summed E-state index contributed by atoms with van der Waals surface area (Å²) in [4.78, 5) is 13.8. The van der Waals surface area contributed by atoms with Crippen molar-refractivity contribution in [1.82, 2.24) is 4.90 Å². The third-order valence-electron chi connectivity index (χ3n) is 5.14. The van der Waals surface area contributed by atoms with E-state index >= 15 is 4.39 Å². The van der Waals surface area contributed by atoms with E-state index in [2.05, 4.69) is 0 Å². The van der Waals surface area contributed by atoms with Gasteiger partial charge in [0.15, 0.2) is 5.67 Å². The summed E-state index contributed by atoms with van der Waals surface area (Å²) < 4.78 is 76.7. The molecule has 4 nitrogen and oxygen atoms in total. The lowest BCUT2D eigenvalue weighted by atomic mass is 9.93. The van der Waals surface area contributed by atoms with Crippen molar-refractivity contribution in [2.24, 2.45) is 5.92 Å². The van der Waals surface area contributed by atoms with Crippen LogP contribution in [0.1, 0.15) is 30.4 Å². The molecule has 1 amide bonds. The molecule has 0 spiro atoms. The van der Waals surface area contributed by atoms with Crippen molar-refractivity contribution in [3.05, 3.63) is 35.4 Å². The van der Waals surface area contributed by atoms with Crippen LogP contribution < -0.4 is 0 Å². The van der Waals surface area contributed by atoms with Crippen molar-refractivity contribution >= 4 is 15.7 Å². The van der Waals surface area contributed by atoms with Gasteiger partial charge in [-0.25, -0.2) is 12.8 Å². The zero-order valence-corrected chi connectivity index (χ0v) is 14.7. The minimum atomic E-state index is -4.56. The smallest absolute Gasteiger partial charge is 0.339 e. The molecule has 2 aliphatic heterocycles. The lowest BCUT2D eigenvalue weighted by Gasteiger charge is -2.27. The van der Waals surface area contributed by atoms with Crippen molar-refractivity contribution in [2.75, 3.05) is 24.6 Å². The van der Waals surface area contributed by atoms with E-state index in [1.165, 1.54) is 11.0 Å². The van der Waals surface area contributed by atoms with E-state index in [9.17, 15) is 26.4 Å². The van der Waals surface area contributed by atoms with Gasteiger partial charge in [-0.1, -0.05) is 12.1 Å². The first-order valence-corrected chi connectivity index (χ1v) is 10.2. The highest BCUT2D eigenvalue weighted by atomic mass is 32.2. The van der Waals surface area contributed by atoms with Crippen molar-refractivity contribution in [3.8, 4) is 0 Å². The van der Waals surface area contributed by atoms with Gasteiger partial charge in [0.1, 0.15) is 9.84 Å². The molecule has 26 heavy (non-hydrogen) atoms. The fourth-order valence-electron chi connectivity index (χ4n) is 3.57. The van der Waals surface area contributed by atoms with Gasteiger partial charge in [-0.3, -0.25) is 4.79 Å². The molecule has 0 bridgehead atoms. The minimum Gasteiger partial charge on any atom is -0.339 e. The molecule has 3 rings (SSSR count). The zero-order chi connectivity index (χ0) is 19.2. The third-order valence-corrected chi connectivity index (χ3v) is 6.86. The van der Waals surface area contributed by atoms with Gasteiger partial charge in [0.05, 0.1) is 23.6 Å². The minimum absolute atomic E-state index is 0.0638. The average Bonchev–Trinajstić information content (AvgIpc) is 2.97. The predicted octanol–water partition coefficient (Wildman–Crippen LogP) is 2.93. The molecule has 0 aromatic heterocycles. The van der Waals surface area contributed by atoms with Crippen LogP contribution in [0.15, 0.2) is 24.3 Å². The summed E-state index contributed by atoms with van der Waals surface area (Å²) in [6.07, 6.45) is -4.22. The Morgan fingerprint density at radius 2 is 1.85 bits per heavy atom. The second-order valence-corrected chi connectivity index (χ2v) is 9.28. The van der Waals surface area contributed by atoms with Crippen LogP contribution in [-0.4, -0.2) is 43.8 Å². The molecule has 2 heterocycles. The Kier molecular flexibility index (Phi) is 4.79. The SMILES string of the molecule is O=C(C1CCS(=O)(=O)CC1)N1CCC(F)(c2cccc(C(F)(F)F)c2)C1. The van der Waals surface area contributed by atoms with E-state index in [4.69, 9.17) is 0 Å². The first kappa shape index (κ1) is 19.1. The van der Waals surface area contributed by atoms with Gasteiger partial charge in [-0.2, -0.15) is 13.2 Å². The quantitative estimate of drug-likeness (QED) is 0.726. The number of amides is 1. The van der Waals surface area contributed by atoms with Gasteiger partial charge < -0.3 is 4.90 Å². The topological polar surface area (TPSA) is 54.5 Å². The van der Waals surface area contributed by atoms with E-state index < -0.39 is 33.2 Å². The number of carbonyl (C=O) groups is 1. The molecular weight excluding hydrogens is 374 g/mol. The van der Waals surface area contributed by atoms with Crippen LogP contribution in [0.4, 0.5) is 17.6 Å². The molecule has 9 heteroatoms. The number of hydrogen-bond donors (Lipinski definition) is 0. The molecule has 0 aliphatic carbocycles. The van der Waals surface area contributed by atoms with Crippen molar-refractivity contribution < 1.29 is 30.8 Å². The molecular formula is C17H19F4NO3S. The van der Waals surface area contributed by atoms with Crippen molar-refractivity contribution in [3.63, 3.8) is 0 Å². The van der Waals surface area contributed by atoms with Crippen LogP contribution in [0, 0.1) is 5.92 Å². The molecule has 2 fully saturated rings. The van der Waals surface area contributed by atoms with Gasteiger partial charge in [0.25, 0.3) is 0 Å². The Bertz CT molecular complexity index is 794. The number of carbonyl (C=O) groups excluding carboxylic acids is 1. The normalized spacial score (nSPS) is 26.8. The standard InChI is InChI=1S/C17H19F4NO3S/c18-16(13-2-1-3-14(10-13)17(19,20)21)6-7-22(11-16)15(23)12-4-8-26(24,25)9-5-12/h1-3,10,12H,4-9,11H2. The summed E-state index contributed by atoms with van der Waals surface area (Å²) >= 11 is 0. The Labute approximate surface area is 149 Å². The van der Waals surface area contributed by atoms with Crippen LogP contribution in [0.25, 0.3) is 0 Å². The maximum absolute atomic E-state index is 15.3. The Balaban J connectivity index is 1.72. The van der Waals surface area contributed by atoms with Crippen LogP contribution in [0.3, 0.4) is 0 Å². The van der Waals surface area contributed by atoms with Crippen molar-refractivity contribution in [2.45, 2.75) is 31.1 Å². The molecule has 2 aliphatic rings. The molecule has 1 aromatic carbocycles. The number of rotatable bonds is 2. The van der Waals surface area contributed by atoms with Crippen LogP contribution >= 0.6 is 0 Å². The van der Waals surface area contributed by atoms with Gasteiger partial charge in [-0.05, 0) is 30.5 Å². The molecule has 0 N–H and O–H groups in total. The van der Waals surface area contributed by atoms with Crippen LogP contribution in [0.5, 0.6) is 0 Å². The number of alkyl halides is 4. The lowest BCUT2D eigenvalue weighted by Crippen LogP contribution is -2.39. The molecule has 1 atom stereocenters. The first-order chi connectivity index (χ1) is 12.0. The Hall–Kier alpha value is -1.64. The predicted molar refractivity (Wildman–Crippen MR) is 86.8 cm³/mol. The van der Waals surface area contributed by atoms with E-state index in [1.54, 1.807) is 0 Å². The summed E-state index contributed by atoms with van der Waals surface area (Å²) in [7, 11) is -3.11. The zero-order valence-electron chi connectivity index (χ0n) is 13.9. The summed E-state index contributed by atoms with van der Waals surface area (Å²) in [5.41, 5.74) is -3.04. The number of halogens is 4. The van der Waals surface area contributed by atoms with Gasteiger partial charge >= 0.3 is 6.18 Å². The molecule has 0 radical (unpaired) electrons. The first-order valence-electron chi connectivity index (χ1n) is 8.36. The lowest BCUT2D eigenvalue weighted by molar-refractivity contribution is -0.138. The summed E-state index contributed by atoms with van der Waals surface area (Å²) in [6.45, 7) is -0.203. The third kappa shape index (κ3) is 3.87. The second-order valence-electron chi connectivity index (χ2n) is 6.98. The number of nitrogens with zero attached hydrogens (tertiary/aromatic N) is 1. The van der Waals surface area contributed by atoms with Gasteiger partial charge in [-0.15, -0.1) is 0 Å². The van der Waals surface area contributed by atoms with Crippen LogP contribution in [-0.2, 0) is 26.5 Å². The summed E-state index contributed by atoms with van der Waals surface area (Å²) in [6, 6.07) is 4.14. The average molecular weight is 393 g/mol. The maximum atomic E-state index is 15.3. The number of benzene rings is 1.